The van der Waals surface area contributed by atoms with Crippen LogP contribution in [0.15, 0.2) is 60.8 Å². The number of anilines is 3. The molecule has 3 aromatic carbocycles. The molecule has 0 saturated carbocycles. The van der Waals surface area contributed by atoms with E-state index < -0.39 is 6.10 Å². The number of Topliss-reactive ketones (excluding diaryl/α,β-unsaturated/α-hetero) is 1. The number of carbonyl (C=O) groups excluding carboxylic acids is 1. The van der Waals surface area contributed by atoms with E-state index in [0.717, 1.165) is 58.7 Å². The van der Waals surface area contributed by atoms with E-state index in [2.05, 4.69) is 46.8 Å². The highest BCUT2D eigenvalue weighted by Gasteiger charge is 2.21. The zero-order valence-electron chi connectivity index (χ0n) is 19.0. The number of rotatable bonds is 7. The van der Waals surface area contributed by atoms with E-state index >= 15 is 0 Å². The number of aromatic amines is 1. The van der Waals surface area contributed by atoms with E-state index in [4.69, 9.17) is 0 Å². The Hall–Kier alpha value is -3.57. The second kappa shape index (κ2) is 8.75. The summed E-state index contributed by atoms with van der Waals surface area (Å²) >= 11 is 0. The molecule has 0 amide bonds. The van der Waals surface area contributed by atoms with Crippen molar-refractivity contribution in [3.63, 3.8) is 0 Å². The second-order valence-corrected chi connectivity index (χ2v) is 8.85. The fraction of sp³-hybridized carbons (Fsp3) is 0.250. The average Bonchev–Trinajstić information content (AvgIpc) is 3.39. The molecule has 5 nitrogen and oxygen atoms in total. The number of aromatic nitrogens is 1. The number of aliphatic hydroxyl groups excluding tert-OH is 1. The third kappa shape index (κ3) is 4.12. The van der Waals surface area contributed by atoms with Crippen LogP contribution in [0.25, 0.3) is 10.9 Å². The number of H-pyrrole nitrogens is 1. The molecule has 1 atom stereocenters. The lowest BCUT2D eigenvalue weighted by Gasteiger charge is -2.14. The molecule has 1 aliphatic rings. The summed E-state index contributed by atoms with van der Waals surface area (Å²) in [7, 11) is 0. The molecule has 0 fully saturated rings. The van der Waals surface area contributed by atoms with Crippen molar-refractivity contribution in [2.45, 2.75) is 39.2 Å². The number of nitrogens with one attached hydrogen (secondary N) is 3. The summed E-state index contributed by atoms with van der Waals surface area (Å²) < 4.78 is 0. The molecule has 5 rings (SSSR count). The molecule has 1 aliphatic carbocycles. The van der Waals surface area contributed by atoms with Crippen molar-refractivity contribution in [3.8, 4) is 0 Å². The van der Waals surface area contributed by atoms with E-state index in [0.29, 0.717) is 6.42 Å². The summed E-state index contributed by atoms with van der Waals surface area (Å²) in [6.45, 7) is 4.71. The third-order valence-corrected chi connectivity index (χ3v) is 6.58. The van der Waals surface area contributed by atoms with E-state index in [1.165, 1.54) is 16.5 Å². The van der Waals surface area contributed by atoms with Gasteiger partial charge < -0.3 is 20.7 Å². The van der Waals surface area contributed by atoms with Crippen molar-refractivity contribution in [1.82, 2.24) is 4.98 Å². The Kier molecular flexibility index (Phi) is 5.65. The number of fused-ring (bicyclic) bond motifs is 2. The van der Waals surface area contributed by atoms with Gasteiger partial charge in [-0.2, -0.15) is 0 Å². The van der Waals surface area contributed by atoms with Crippen molar-refractivity contribution < 1.29 is 9.90 Å². The van der Waals surface area contributed by atoms with Gasteiger partial charge in [-0.15, -0.1) is 0 Å². The van der Waals surface area contributed by atoms with Crippen LogP contribution >= 0.6 is 0 Å². The molecule has 0 radical (unpaired) electrons. The summed E-state index contributed by atoms with van der Waals surface area (Å²) in [5, 5.41) is 18.2. The Labute approximate surface area is 193 Å². The zero-order valence-corrected chi connectivity index (χ0v) is 19.0. The van der Waals surface area contributed by atoms with Gasteiger partial charge in [-0.25, -0.2) is 0 Å². The molecule has 0 saturated heterocycles. The standard InChI is InChI=1S/C28H29N3O2/c1-17-15-20(31-26-8-4-7-24-23(26)10-12-27(24)33)9-11-25(17)29-14-13-19-16-30-28-21(18(2)32)5-3-6-22(19)28/h3-9,11,15-16,18,29-32H,10,12-14H2,1-2H3. The third-order valence-electron chi connectivity index (χ3n) is 6.58. The molecule has 4 N–H and O–H groups in total. The van der Waals surface area contributed by atoms with Crippen LogP contribution in [-0.2, 0) is 12.8 Å². The molecule has 1 aromatic heterocycles. The predicted molar refractivity (Wildman–Crippen MR) is 135 cm³/mol. The zero-order chi connectivity index (χ0) is 22.9. The molecule has 0 bridgehead atoms. The van der Waals surface area contributed by atoms with Crippen LogP contribution in [0, 0.1) is 6.92 Å². The van der Waals surface area contributed by atoms with Gasteiger partial charge in [0.2, 0.25) is 0 Å². The molecule has 4 aromatic rings. The molecule has 0 aliphatic heterocycles. The number of aryl methyl sites for hydroxylation is 1. The first-order valence-corrected chi connectivity index (χ1v) is 11.5. The molecule has 1 heterocycles. The summed E-state index contributed by atoms with van der Waals surface area (Å²) in [6.07, 6.45) is 3.84. The SMILES string of the molecule is Cc1cc(Nc2cccc3c2CCC3=O)ccc1NCCc1c[nH]c2c(C(C)O)cccc12. The van der Waals surface area contributed by atoms with Crippen LogP contribution < -0.4 is 10.6 Å². The number of benzene rings is 3. The largest absolute Gasteiger partial charge is 0.389 e. The minimum absolute atomic E-state index is 0.238. The molecule has 5 heteroatoms. The van der Waals surface area contributed by atoms with Crippen molar-refractivity contribution in [1.29, 1.82) is 0 Å². The normalized spacial score (nSPS) is 13.8. The van der Waals surface area contributed by atoms with Crippen LogP contribution in [0.5, 0.6) is 0 Å². The lowest BCUT2D eigenvalue weighted by atomic mass is 10.0. The monoisotopic (exact) mass is 439 g/mol. The Morgan fingerprint density at radius 2 is 1.91 bits per heavy atom. The van der Waals surface area contributed by atoms with E-state index in [9.17, 15) is 9.90 Å². The minimum atomic E-state index is -0.495. The van der Waals surface area contributed by atoms with Crippen LogP contribution in [-0.4, -0.2) is 22.4 Å². The van der Waals surface area contributed by atoms with Crippen molar-refractivity contribution >= 4 is 33.7 Å². The Bertz CT molecular complexity index is 1340. The number of para-hydroxylation sites is 1. The van der Waals surface area contributed by atoms with Gasteiger partial charge in [-0.3, -0.25) is 4.79 Å². The van der Waals surface area contributed by atoms with Gasteiger partial charge in [-0.05, 0) is 67.6 Å². The quantitative estimate of drug-likeness (QED) is 0.282. The van der Waals surface area contributed by atoms with E-state index in [-0.39, 0.29) is 5.78 Å². The van der Waals surface area contributed by atoms with Crippen LogP contribution in [0.2, 0.25) is 0 Å². The minimum Gasteiger partial charge on any atom is -0.389 e. The summed E-state index contributed by atoms with van der Waals surface area (Å²) in [6, 6.07) is 18.3. The van der Waals surface area contributed by atoms with E-state index in [1.54, 1.807) is 6.92 Å². The topological polar surface area (TPSA) is 77.2 Å². The number of aliphatic hydroxyl groups is 1. The molecule has 168 valence electrons. The molecular formula is C28H29N3O2. The molecule has 1 unspecified atom stereocenters. The number of hydrogen-bond acceptors (Lipinski definition) is 4. The maximum atomic E-state index is 12.0. The summed E-state index contributed by atoms with van der Waals surface area (Å²) in [5.74, 6) is 0.238. The first-order valence-electron chi connectivity index (χ1n) is 11.5. The smallest absolute Gasteiger partial charge is 0.163 e. The lowest BCUT2D eigenvalue weighted by Crippen LogP contribution is -2.06. The van der Waals surface area contributed by atoms with E-state index in [1.807, 2.05) is 36.5 Å². The fourth-order valence-electron chi connectivity index (χ4n) is 4.83. The highest BCUT2D eigenvalue weighted by molar-refractivity contribution is 6.02. The average molecular weight is 440 g/mol. The highest BCUT2D eigenvalue weighted by atomic mass is 16.3. The number of carbonyl (C=O) groups is 1. The van der Waals surface area contributed by atoms with Gasteiger partial charge in [0.05, 0.1) is 11.6 Å². The van der Waals surface area contributed by atoms with Crippen molar-refractivity contribution in [2.75, 3.05) is 17.2 Å². The lowest BCUT2D eigenvalue weighted by molar-refractivity contribution is 0.0994. The first-order chi connectivity index (χ1) is 16.0. The Morgan fingerprint density at radius 3 is 2.73 bits per heavy atom. The predicted octanol–water partition coefficient (Wildman–Crippen LogP) is 6.06. The van der Waals surface area contributed by atoms with Crippen LogP contribution in [0.4, 0.5) is 17.1 Å². The fourth-order valence-corrected chi connectivity index (χ4v) is 4.83. The van der Waals surface area contributed by atoms with Gasteiger partial charge in [0.25, 0.3) is 0 Å². The van der Waals surface area contributed by atoms with Crippen molar-refractivity contribution in [3.05, 3.63) is 88.6 Å². The van der Waals surface area contributed by atoms with Crippen LogP contribution in [0.1, 0.15) is 52.1 Å². The molecular weight excluding hydrogens is 410 g/mol. The maximum absolute atomic E-state index is 12.0. The number of hydrogen-bond donors (Lipinski definition) is 4. The van der Waals surface area contributed by atoms with Gasteiger partial charge in [0.15, 0.2) is 5.78 Å². The number of ketones is 1. The Morgan fingerprint density at radius 1 is 1.06 bits per heavy atom. The van der Waals surface area contributed by atoms with Crippen LogP contribution in [0.3, 0.4) is 0 Å². The maximum Gasteiger partial charge on any atom is 0.163 e. The second-order valence-electron chi connectivity index (χ2n) is 8.85. The first kappa shape index (κ1) is 21.3. The van der Waals surface area contributed by atoms with Crippen molar-refractivity contribution in [2.24, 2.45) is 0 Å². The molecule has 0 spiro atoms. The van der Waals surface area contributed by atoms with Gasteiger partial charge >= 0.3 is 0 Å². The summed E-state index contributed by atoms with van der Waals surface area (Å²) in [5.41, 5.74) is 9.48. The van der Waals surface area contributed by atoms with Gasteiger partial charge in [-0.1, -0.05) is 30.3 Å². The highest BCUT2D eigenvalue weighted by Crippen LogP contribution is 2.32. The molecule has 33 heavy (non-hydrogen) atoms. The van der Waals surface area contributed by atoms with Gasteiger partial charge in [0, 0.05) is 52.7 Å². The Balaban J connectivity index is 1.26. The van der Waals surface area contributed by atoms with Gasteiger partial charge in [0.1, 0.15) is 0 Å². The summed E-state index contributed by atoms with van der Waals surface area (Å²) in [4.78, 5) is 15.4.